The van der Waals surface area contributed by atoms with E-state index < -0.39 is 18.1 Å². The van der Waals surface area contributed by atoms with Crippen molar-refractivity contribution in [2.24, 2.45) is 0 Å². The van der Waals surface area contributed by atoms with Crippen molar-refractivity contribution in [3.05, 3.63) is 72.9 Å². The van der Waals surface area contributed by atoms with Crippen LogP contribution in [0.2, 0.25) is 0 Å². The van der Waals surface area contributed by atoms with E-state index in [0.29, 0.717) is 19.3 Å². The molecule has 0 rings (SSSR count). The SMILES string of the molecule is CCCC/C=C/CCCCCCC(=O)OCC(COCCC(C(=O)O)[N+](C)(C)C)OC(=O)CCCC/C=C/C/C=C/C/C=C/C/C=C/C/C=C/CCCCC. The molecule has 0 aromatic carbocycles. The molecule has 0 aliphatic rings. The molecule has 8 nitrogen and oxygen atoms in total. The Morgan fingerprint density at radius 1 is 0.545 bits per heavy atom. The number of hydrogen-bond acceptors (Lipinski definition) is 6. The first-order valence-corrected chi connectivity index (χ1v) is 21.5. The van der Waals surface area contributed by atoms with Gasteiger partial charge in [-0.2, -0.15) is 0 Å². The van der Waals surface area contributed by atoms with Crippen molar-refractivity contribution in [3.8, 4) is 0 Å². The lowest BCUT2D eigenvalue weighted by Crippen LogP contribution is -2.50. The maximum absolute atomic E-state index is 12.7. The van der Waals surface area contributed by atoms with Crippen LogP contribution in [0.4, 0.5) is 0 Å². The highest BCUT2D eigenvalue weighted by Gasteiger charge is 2.31. The largest absolute Gasteiger partial charge is 0.477 e. The number of allylic oxidation sites excluding steroid dienone is 12. The van der Waals surface area contributed by atoms with Crippen LogP contribution in [0, 0.1) is 0 Å². The average Bonchev–Trinajstić information content (AvgIpc) is 3.14. The number of nitrogens with zero attached hydrogens (tertiary/aromatic N) is 1. The van der Waals surface area contributed by atoms with Crippen LogP contribution in [0.25, 0.3) is 0 Å². The van der Waals surface area contributed by atoms with Gasteiger partial charge in [-0.1, -0.05) is 125 Å². The molecule has 0 amide bonds. The fraction of sp³-hybridized carbons (Fsp3) is 0.681. The molecule has 0 fully saturated rings. The smallest absolute Gasteiger partial charge is 0.362 e. The Bertz CT molecular complexity index is 1130. The van der Waals surface area contributed by atoms with E-state index in [-0.39, 0.29) is 42.7 Å². The molecule has 0 aromatic rings. The van der Waals surface area contributed by atoms with Gasteiger partial charge in [0.25, 0.3) is 0 Å². The number of quaternary nitrogens is 1. The molecule has 0 saturated carbocycles. The van der Waals surface area contributed by atoms with Crippen LogP contribution in [-0.4, -0.2) is 80.6 Å². The van der Waals surface area contributed by atoms with Gasteiger partial charge in [0, 0.05) is 19.3 Å². The third-order valence-corrected chi connectivity index (χ3v) is 9.08. The van der Waals surface area contributed by atoms with E-state index in [1.165, 1.54) is 38.5 Å². The fourth-order valence-corrected chi connectivity index (χ4v) is 5.68. The second-order valence-electron chi connectivity index (χ2n) is 15.2. The molecule has 0 saturated heterocycles. The summed E-state index contributed by atoms with van der Waals surface area (Å²) in [7, 11) is 5.49. The van der Waals surface area contributed by atoms with Gasteiger partial charge >= 0.3 is 17.9 Å². The van der Waals surface area contributed by atoms with Crippen LogP contribution in [0.5, 0.6) is 0 Å². The van der Waals surface area contributed by atoms with Crippen molar-refractivity contribution in [1.82, 2.24) is 0 Å². The number of carbonyl (C=O) groups excluding carboxylic acids is 2. The molecule has 0 aliphatic carbocycles. The average molecular weight is 771 g/mol. The van der Waals surface area contributed by atoms with Crippen molar-refractivity contribution in [1.29, 1.82) is 0 Å². The number of carbonyl (C=O) groups is 3. The van der Waals surface area contributed by atoms with Gasteiger partial charge in [0.05, 0.1) is 34.4 Å². The molecule has 55 heavy (non-hydrogen) atoms. The zero-order valence-corrected chi connectivity index (χ0v) is 35.6. The molecule has 0 radical (unpaired) electrons. The summed E-state index contributed by atoms with van der Waals surface area (Å²) in [4.78, 5) is 36.8. The monoisotopic (exact) mass is 771 g/mol. The van der Waals surface area contributed by atoms with E-state index in [2.05, 4.69) is 86.8 Å². The molecular formula is C47H80NO7+. The quantitative estimate of drug-likeness (QED) is 0.0291. The second kappa shape index (κ2) is 37.7. The molecule has 2 atom stereocenters. The number of rotatable bonds is 37. The molecule has 0 aromatic heterocycles. The van der Waals surface area contributed by atoms with E-state index in [4.69, 9.17) is 14.2 Å². The molecule has 0 aliphatic heterocycles. The summed E-state index contributed by atoms with van der Waals surface area (Å²) in [5, 5.41) is 9.60. The number of esters is 2. The van der Waals surface area contributed by atoms with E-state index in [1.54, 1.807) is 0 Å². The zero-order chi connectivity index (χ0) is 40.7. The van der Waals surface area contributed by atoms with Gasteiger partial charge in [0.2, 0.25) is 0 Å². The molecule has 314 valence electrons. The van der Waals surface area contributed by atoms with E-state index >= 15 is 0 Å². The molecular weight excluding hydrogens is 691 g/mol. The van der Waals surface area contributed by atoms with Crippen molar-refractivity contribution in [2.75, 3.05) is 41.0 Å². The van der Waals surface area contributed by atoms with Crippen LogP contribution in [-0.2, 0) is 28.6 Å². The summed E-state index contributed by atoms with van der Waals surface area (Å²) < 4.78 is 17.2. The highest BCUT2D eigenvalue weighted by Crippen LogP contribution is 2.12. The standard InChI is InChI=1S/C47H79NO7/c1-6-8-10-12-14-16-18-19-20-21-22-23-24-25-26-27-28-30-32-34-36-38-46(50)55-43(41-53-40-39-44(47(51)52)48(3,4)5)42-54-45(49)37-35-33-31-29-17-15-13-11-9-7-2/h13-16,19-20,22-23,25-26,28,30,43-44H,6-12,17-18,21,24,27,29,31-42H2,1-5H3/p+1/b15-13+,16-14+,20-19+,23-22+,26-25+,30-28+. The predicted octanol–water partition coefficient (Wildman–Crippen LogP) is 11.6. The maximum Gasteiger partial charge on any atom is 0.362 e. The lowest BCUT2D eigenvalue weighted by Gasteiger charge is -2.31. The first kappa shape index (κ1) is 51.8. The Morgan fingerprint density at radius 2 is 0.982 bits per heavy atom. The van der Waals surface area contributed by atoms with E-state index in [1.807, 2.05) is 21.1 Å². The molecule has 2 unspecified atom stereocenters. The number of hydrogen-bond donors (Lipinski definition) is 1. The highest BCUT2D eigenvalue weighted by molar-refractivity contribution is 5.72. The molecule has 8 heteroatoms. The number of carboxylic acids is 1. The summed E-state index contributed by atoms with van der Waals surface area (Å²) in [6.07, 6.45) is 46.7. The first-order chi connectivity index (χ1) is 26.6. The topological polar surface area (TPSA) is 99.1 Å². The van der Waals surface area contributed by atoms with Gasteiger partial charge in [-0.15, -0.1) is 0 Å². The summed E-state index contributed by atoms with van der Waals surface area (Å²) in [6, 6.07) is -0.626. The van der Waals surface area contributed by atoms with Crippen LogP contribution in [0.15, 0.2) is 72.9 Å². The van der Waals surface area contributed by atoms with Crippen LogP contribution < -0.4 is 0 Å². The van der Waals surface area contributed by atoms with Crippen LogP contribution >= 0.6 is 0 Å². The Labute approximate surface area is 336 Å². The zero-order valence-electron chi connectivity index (χ0n) is 35.6. The molecule has 1 N–H and O–H groups in total. The van der Waals surface area contributed by atoms with Crippen molar-refractivity contribution in [2.45, 2.75) is 167 Å². The molecule has 0 spiro atoms. The van der Waals surface area contributed by atoms with Crippen molar-refractivity contribution in [3.63, 3.8) is 0 Å². The summed E-state index contributed by atoms with van der Waals surface area (Å²) >= 11 is 0. The van der Waals surface area contributed by atoms with Crippen molar-refractivity contribution >= 4 is 17.9 Å². The summed E-state index contributed by atoms with van der Waals surface area (Å²) in [6.45, 7) is 4.58. The van der Waals surface area contributed by atoms with Gasteiger partial charge in [-0.3, -0.25) is 9.59 Å². The lowest BCUT2D eigenvalue weighted by molar-refractivity contribution is -0.887. The van der Waals surface area contributed by atoms with Gasteiger partial charge in [0.1, 0.15) is 6.61 Å². The van der Waals surface area contributed by atoms with Crippen LogP contribution in [0.3, 0.4) is 0 Å². The minimum Gasteiger partial charge on any atom is -0.477 e. The van der Waals surface area contributed by atoms with E-state index in [9.17, 15) is 19.5 Å². The number of carboxylic acid groups (broad SMARTS) is 1. The van der Waals surface area contributed by atoms with Crippen LogP contribution in [0.1, 0.15) is 155 Å². The number of ether oxygens (including phenoxy) is 3. The highest BCUT2D eigenvalue weighted by atomic mass is 16.6. The third-order valence-electron chi connectivity index (χ3n) is 9.08. The molecule has 0 heterocycles. The Kier molecular flexibility index (Phi) is 35.5. The minimum atomic E-state index is -0.887. The van der Waals surface area contributed by atoms with Crippen molar-refractivity contribution < 1.29 is 38.2 Å². The van der Waals surface area contributed by atoms with Gasteiger partial charge < -0.3 is 23.8 Å². The summed E-state index contributed by atoms with van der Waals surface area (Å²) in [5.74, 6) is -1.55. The number of likely N-dealkylation sites (N-methyl/N-ethyl adjacent to an activating group) is 1. The predicted molar refractivity (Wildman–Crippen MR) is 229 cm³/mol. The number of aliphatic carboxylic acids is 1. The van der Waals surface area contributed by atoms with Gasteiger partial charge in [-0.25, -0.2) is 4.79 Å². The Balaban J connectivity index is 4.44. The first-order valence-electron chi connectivity index (χ1n) is 21.5. The normalized spacial score (nSPS) is 13.7. The van der Waals surface area contributed by atoms with Gasteiger partial charge in [0.15, 0.2) is 12.1 Å². The lowest BCUT2D eigenvalue weighted by atomic mass is 10.1. The Hall–Kier alpha value is -3.23. The second-order valence-corrected chi connectivity index (χ2v) is 15.2. The molecule has 0 bridgehead atoms. The summed E-state index contributed by atoms with van der Waals surface area (Å²) in [5.41, 5.74) is 0. The van der Waals surface area contributed by atoms with Gasteiger partial charge in [-0.05, 0) is 83.5 Å². The minimum absolute atomic E-state index is 0.0362. The fourth-order valence-electron chi connectivity index (χ4n) is 5.68. The number of unbranched alkanes of at least 4 members (excludes halogenated alkanes) is 11. The maximum atomic E-state index is 12.7. The van der Waals surface area contributed by atoms with E-state index in [0.717, 1.165) is 77.0 Å². The Morgan fingerprint density at radius 3 is 1.51 bits per heavy atom. The third kappa shape index (κ3) is 36.2.